The summed E-state index contributed by atoms with van der Waals surface area (Å²) in [6.07, 6.45) is 0. The van der Waals surface area contributed by atoms with Crippen molar-refractivity contribution in [2.24, 2.45) is 0 Å². The Hall–Kier alpha value is -1.46. The Balaban J connectivity index is 2.68. The molecule has 0 radical (unpaired) electrons. The molecule has 0 saturated carbocycles. The molecular formula is C15H26N2O3. The first-order chi connectivity index (χ1) is 9.65. The van der Waals surface area contributed by atoms with Gasteiger partial charge in [0.1, 0.15) is 5.75 Å². The van der Waals surface area contributed by atoms with Crippen molar-refractivity contribution in [2.75, 3.05) is 48.0 Å². The Morgan fingerprint density at radius 3 is 2.15 bits per heavy atom. The molecule has 1 aromatic rings. The van der Waals surface area contributed by atoms with Crippen LogP contribution in [-0.2, 0) is 6.54 Å². The van der Waals surface area contributed by atoms with Crippen molar-refractivity contribution in [3.63, 3.8) is 0 Å². The number of methoxy groups -OCH3 is 3. The smallest absolute Gasteiger partial charge is 0.164 e. The maximum Gasteiger partial charge on any atom is 0.164 e. The first kappa shape index (κ1) is 16.6. The molecule has 20 heavy (non-hydrogen) atoms. The highest BCUT2D eigenvalue weighted by molar-refractivity contribution is 5.50. The Morgan fingerprint density at radius 2 is 1.60 bits per heavy atom. The lowest BCUT2D eigenvalue weighted by molar-refractivity contribution is 0.342. The van der Waals surface area contributed by atoms with Crippen molar-refractivity contribution in [3.05, 3.63) is 17.7 Å². The van der Waals surface area contributed by atoms with E-state index in [1.807, 2.05) is 12.1 Å². The molecule has 5 nitrogen and oxygen atoms in total. The quantitative estimate of drug-likeness (QED) is 0.699. The zero-order valence-electron chi connectivity index (χ0n) is 13.2. The molecule has 0 aromatic heterocycles. The number of ether oxygens (including phenoxy) is 3. The van der Waals surface area contributed by atoms with Crippen LogP contribution < -0.4 is 19.5 Å². The number of rotatable bonds is 9. The average molecular weight is 282 g/mol. The Labute approximate surface area is 121 Å². The van der Waals surface area contributed by atoms with Crippen LogP contribution in [0.25, 0.3) is 0 Å². The third kappa shape index (κ3) is 4.58. The molecule has 0 aliphatic carbocycles. The maximum atomic E-state index is 5.40. The van der Waals surface area contributed by atoms with Gasteiger partial charge in [-0.15, -0.1) is 0 Å². The van der Waals surface area contributed by atoms with E-state index in [-0.39, 0.29) is 0 Å². The number of likely N-dealkylation sites (N-methyl/N-ethyl adjacent to an activating group) is 1. The minimum Gasteiger partial charge on any atom is -0.496 e. The topological polar surface area (TPSA) is 43.0 Å². The van der Waals surface area contributed by atoms with Gasteiger partial charge < -0.3 is 24.4 Å². The summed E-state index contributed by atoms with van der Waals surface area (Å²) in [5.74, 6) is 2.20. The molecular weight excluding hydrogens is 256 g/mol. The van der Waals surface area contributed by atoms with Crippen molar-refractivity contribution in [2.45, 2.75) is 13.5 Å². The first-order valence-corrected chi connectivity index (χ1v) is 6.84. The summed E-state index contributed by atoms with van der Waals surface area (Å²) in [7, 11) is 7.03. The average Bonchev–Trinajstić information content (AvgIpc) is 2.50. The second-order valence-electron chi connectivity index (χ2n) is 4.59. The van der Waals surface area contributed by atoms with Gasteiger partial charge in [-0.05, 0) is 19.7 Å². The van der Waals surface area contributed by atoms with Crippen molar-refractivity contribution in [1.82, 2.24) is 10.2 Å². The molecule has 114 valence electrons. The van der Waals surface area contributed by atoms with Crippen molar-refractivity contribution >= 4 is 0 Å². The zero-order valence-corrected chi connectivity index (χ0v) is 13.2. The third-order valence-electron chi connectivity index (χ3n) is 3.31. The molecule has 0 spiro atoms. The van der Waals surface area contributed by atoms with Crippen LogP contribution in [0, 0.1) is 0 Å². The predicted molar refractivity (Wildman–Crippen MR) is 81.0 cm³/mol. The Bertz CT molecular complexity index is 410. The van der Waals surface area contributed by atoms with Crippen LogP contribution in [0.2, 0.25) is 0 Å². The van der Waals surface area contributed by atoms with E-state index < -0.39 is 0 Å². The molecule has 0 saturated heterocycles. The normalized spacial score (nSPS) is 10.7. The van der Waals surface area contributed by atoms with Gasteiger partial charge in [0.05, 0.1) is 21.3 Å². The van der Waals surface area contributed by atoms with Gasteiger partial charge in [0.2, 0.25) is 0 Å². The molecule has 1 aromatic carbocycles. The van der Waals surface area contributed by atoms with Crippen LogP contribution in [0.4, 0.5) is 0 Å². The van der Waals surface area contributed by atoms with Crippen LogP contribution in [0.5, 0.6) is 17.2 Å². The van der Waals surface area contributed by atoms with E-state index in [4.69, 9.17) is 14.2 Å². The number of hydrogen-bond acceptors (Lipinski definition) is 5. The highest BCUT2D eigenvalue weighted by Crippen LogP contribution is 2.34. The van der Waals surface area contributed by atoms with E-state index in [1.165, 1.54) is 0 Å². The van der Waals surface area contributed by atoms with Crippen molar-refractivity contribution < 1.29 is 14.2 Å². The zero-order chi connectivity index (χ0) is 15.0. The third-order valence-corrected chi connectivity index (χ3v) is 3.31. The molecule has 0 unspecified atom stereocenters. The Morgan fingerprint density at radius 1 is 1.00 bits per heavy atom. The summed E-state index contributed by atoms with van der Waals surface area (Å²) in [4.78, 5) is 2.26. The maximum absolute atomic E-state index is 5.40. The van der Waals surface area contributed by atoms with E-state index in [1.54, 1.807) is 21.3 Å². The van der Waals surface area contributed by atoms with E-state index in [2.05, 4.69) is 24.2 Å². The van der Waals surface area contributed by atoms with Gasteiger partial charge >= 0.3 is 0 Å². The van der Waals surface area contributed by atoms with Crippen LogP contribution in [0.3, 0.4) is 0 Å². The first-order valence-electron chi connectivity index (χ1n) is 6.84. The molecule has 0 aliphatic heterocycles. The lowest BCUT2D eigenvalue weighted by Gasteiger charge is -2.16. The van der Waals surface area contributed by atoms with E-state index in [9.17, 15) is 0 Å². The van der Waals surface area contributed by atoms with E-state index in [0.29, 0.717) is 5.75 Å². The fourth-order valence-corrected chi connectivity index (χ4v) is 1.88. The van der Waals surface area contributed by atoms with Gasteiger partial charge in [-0.1, -0.05) is 6.92 Å². The lowest BCUT2D eigenvalue weighted by Crippen LogP contribution is -2.28. The fraction of sp³-hybridized carbons (Fsp3) is 0.600. The summed E-state index contributed by atoms with van der Waals surface area (Å²) < 4.78 is 16.0. The molecule has 5 heteroatoms. The number of hydrogen-bond donors (Lipinski definition) is 1. The SMILES string of the molecule is CCN(C)CCNCc1cc(OC)c(OC)cc1OC. The summed E-state index contributed by atoms with van der Waals surface area (Å²) in [5, 5.41) is 3.41. The van der Waals surface area contributed by atoms with Crippen molar-refractivity contribution in [1.29, 1.82) is 0 Å². The largest absolute Gasteiger partial charge is 0.496 e. The minimum atomic E-state index is 0.679. The second kappa shape index (κ2) is 8.66. The number of nitrogens with zero attached hydrogens (tertiary/aromatic N) is 1. The summed E-state index contributed by atoms with van der Waals surface area (Å²) in [6.45, 7) is 5.90. The van der Waals surface area contributed by atoms with Gasteiger partial charge in [0, 0.05) is 31.3 Å². The molecule has 0 heterocycles. The van der Waals surface area contributed by atoms with Gasteiger partial charge in [0.15, 0.2) is 11.5 Å². The van der Waals surface area contributed by atoms with Crippen LogP contribution >= 0.6 is 0 Å². The molecule has 0 bridgehead atoms. The van der Waals surface area contributed by atoms with Crippen LogP contribution in [0.15, 0.2) is 12.1 Å². The summed E-state index contributed by atoms with van der Waals surface area (Å²) in [5.41, 5.74) is 1.06. The lowest BCUT2D eigenvalue weighted by atomic mass is 10.1. The number of benzene rings is 1. The molecule has 1 rings (SSSR count). The molecule has 1 N–H and O–H groups in total. The summed E-state index contributed by atoms with van der Waals surface area (Å²) >= 11 is 0. The standard InChI is InChI=1S/C15H26N2O3/c1-6-17(2)8-7-16-11-12-9-14(19-4)15(20-5)10-13(12)18-3/h9-10,16H,6-8,11H2,1-5H3. The highest BCUT2D eigenvalue weighted by atomic mass is 16.5. The second-order valence-corrected chi connectivity index (χ2v) is 4.59. The van der Waals surface area contributed by atoms with Gasteiger partial charge in [0.25, 0.3) is 0 Å². The van der Waals surface area contributed by atoms with Crippen molar-refractivity contribution in [3.8, 4) is 17.2 Å². The van der Waals surface area contributed by atoms with Gasteiger partial charge in [-0.2, -0.15) is 0 Å². The Kier molecular flexibility index (Phi) is 7.18. The van der Waals surface area contributed by atoms with E-state index >= 15 is 0 Å². The van der Waals surface area contributed by atoms with Gasteiger partial charge in [-0.25, -0.2) is 0 Å². The predicted octanol–water partition coefficient (Wildman–Crippen LogP) is 1.75. The highest BCUT2D eigenvalue weighted by Gasteiger charge is 2.11. The van der Waals surface area contributed by atoms with Crippen LogP contribution in [0.1, 0.15) is 12.5 Å². The molecule has 0 aliphatic rings. The minimum absolute atomic E-state index is 0.679. The van der Waals surface area contributed by atoms with Gasteiger partial charge in [-0.3, -0.25) is 0 Å². The fourth-order valence-electron chi connectivity index (χ4n) is 1.88. The molecule has 0 atom stereocenters. The van der Waals surface area contributed by atoms with E-state index in [0.717, 1.165) is 43.2 Å². The molecule has 0 amide bonds. The van der Waals surface area contributed by atoms with Crippen LogP contribution in [-0.4, -0.2) is 52.9 Å². The molecule has 0 fully saturated rings. The summed E-state index contributed by atoms with van der Waals surface area (Å²) in [6, 6.07) is 3.81. The number of nitrogens with one attached hydrogen (secondary N) is 1. The monoisotopic (exact) mass is 282 g/mol.